The number of carbonyl (C=O) groups excluding carboxylic acids is 3. The highest BCUT2D eigenvalue weighted by atomic mass is 32.1. The molecule has 0 saturated carbocycles. The minimum atomic E-state index is -0.514. The summed E-state index contributed by atoms with van der Waals surface area (Å²) in [5.41, 5.74) is 4.43. The van der Waals surface area contributed by atoms with Crippen molar-refractivity contribution in [3.05, 3.63) is 69.6 Å². The lowest BCUT2D eigenvalue weighted by atomic mass is 9.93. The van der Waals surface area contributed by atoms with Crippen LogP contribution in [-0.4, -0.2) is 36.2 Å². The summed E-state index contributed by atoms with van der Waals surface area (Å²) < 4.78 is 10.2. The quantitative estimate of drug-likeness (QED) is 0.301. The van der Waals surface area contributed by atoms with Crippen molar-refractivity contribution in [1.29, 1.82) is 0 Å². The molecule has 35 heavy (non-hydrogen) atoms. The Morgan fingerprint density at radius 3 is 2.71 bits per heavy atom. The van der Waals surface area contributed by atoms with Crippen molar-refractivity contribution < 1.29 is 23.9 Å². The van der Waals surface area contributed by atoms with Gasteiger partial charge in [0.1, 0.15) is 10.6 Å². The van der Waals surface area contributed by atoms with Gasteiger partial charge in [-0.1, -0.05) is 25.1 Å². The molecule has 8 nitrogen and oxygen atoms in total. The Hall–Kier alpha value is -3.50. The molecule has 0 saturated heterocycles. The number of hydrogen-bond donors (Lipinski definition) is 2. The van der Waals surface area contributed by atoms with Crippen molar-refractivity contribution in [1.82, 2.24) is 10.3 Å². The van der Waals surface area contributed by atoms with Crippen LogP contribution in [0.1, 0.15) is 57.8 Å². The molecule has 0 bridgehead atoms. The van der Waals surface area contributed by atoms with Gasteiger partial charge in [0, 0.05) is 34.8 Å². The van der Waals surface area contributed by atoms with Gasteiger partial charge in [0.2, 0.25) is 6.79 Å². The summed E-state index contributed by atoms with van der Waals surface area (Å²) in [5, 5.41) is 7.69. The lowest BCUT2D eigenvalue weighted by Crippen LogP contribution is -2.18. The molecule has 1 aliphatic heterocycles. The first-order valence-corrected chi connectivity index (χ1v) is 13.0. The van der Waals surface area contributed by atoms with Gasteiger partial charge in [-0.05, 0) is 48.4 Å². The van der Waals surface area contributed by atoms with E-state index in [1.54, 1.807) is 10.9 Å². The molecule has 0 aliphatic carbocycles. The number of rotatable bonds is 9. The molecule has 10 heteroatoms. The van der Waals surface area contributed by atoms with Crippen LogP contribution in [0, 0.1) is 0 Å². The average Bonchev–Trinajstić information content (AvgIpc) is 3.56. The van der Waals surface area contributed by atoms with Crippen LogP contribution in [-0.2, 0) is 14.3 Å². The number of amides is 1. The average molecular weight is 512 g/mol. The Kier molecular flexibility index (Phi) is 8.27. The van der Waals surface area contributed by atoms with Crippen LogP contribution >= 0.6 is 22.7 Å². The predicted octanol–water partition coefficient (Wildman–Crippen LogP) is 5.17. The number of aromatic nitrogens is 1. The zero-order valence-corrected chi connectivity index (χ0v) is 20.7. The highest BCUT2D eigenvalue weighted by Crippen LogP contribution is 2.38. The van der Waals surface area contributed by atoms with Crippen molar-refractivity contribution in [2.75, 3.05) is 18.7 Å². The van der Waals surface area contributed by atoms with Crippen molar-refractivity contribution in [2.24, 2.45) is 0 Å². The van der Waals surface area contributed by atoms with Gasteiger partial charge in [0.05, 0.1) is 5.51 Å². The molecule has 1 aliphatic rings. The highest BCUT2D eigenvalue weighted by molar-refractivity contribution is 7.17. The molecule has 1 atom stereocenters. The fraction of sp³-hybridized carbons (Fsp3) is 0.280. The van der Waals surface area contributed by atoms with Gasteiger partial charge < -0.3 is 20.1 Å². The maximum atomic E-state index is 12.9. The van der Waals surface area contributed by atoms with Gasteiger partial charge in [-0.15, -0.1) is 22.7 Å². The molecule has 1 aromatic carbocycles. The van der Waals surface area contributed by atoms with Gasteiger partial charge in [-0.2, -0.15) is 0 Å². The smallest absolute Gasteiger partial charge is 0.351 e. The second kappa shape index (κ2) is 11.8. The van der Waals surface area contributed by atoms with E-state index in [1.807, 2.05) is 49.5 Å². The van der Waals surface area contributed by atoms with Crippen LogP contribution in [0.25, 0.3) is 10.4 Å². The number of thiophene rings is 1. The standard InChI is InChI=1S/C25H25N3O5S2/c1-2-3-22(29)32-15-33-25(31)23-19(16-8-10-26-11-9-16)12-21(35-23)17-4-6-18(7-5-17)28-24(30)20-13-34-14-27-20/h4-8,10,12-14,16,26H,2-3,9,11,15H2,1H3,(H,28,30). The third-order valence-corrected chi connectivity index (χ3v) is 7.11. The third kappa shape index (κ3) is 6.34. The Morgan fingerprint density at radius 1 is 1.20 bits per heavy atom. The maximum Gasteiger partial charge on any atom is 0.351 e. The van der Waals surface area contributed by atoms with Gasteiger partial charge in [-0.3, -0.25) is 9.59 Å². The number of hydrogen-bond acceptors (Lipinski definition) is 9. The Balaban J connectivity index is 1.51. The number of esters is 2. The van der Waals surface area contributed by atoms with Gasteiger partial charge in [0.25, 0.3) is 5.91 Å². The number of allylic oxidation sites excluding steroid dienone is 1. The first-order chi connectivity index (χ1) is 17.0. The molecule has 1 unspecified atom stereocenters. The van der Waals surface area contributed by atoms with Gasteiger partial charge >= 0.3 is 11.9 Å². The number of ether oxygens (including phenoxy) is 2. The summed E-state index contributed by atoms with van der Waals surface area (Å²) in [4.78, 5) is 42.1. The van der Waals surface area contributed by atoms with Crippen LogP contribution < -0.4 is 10.6 Å². The number of nitrogens with one attached hydrogen (secondary N) is 2. The van der Waals surface area contributed by atoms with E-state index in [9.17, 15) is 14.4 Å². The second-order valence-electron chi connectivity index (χ2n) is 7.82. The van der Waals surface area contributed by atoms with E-state index in [-0.39, 0.29) is 18.2 Å². The van der Waals surface area contributed by atoms with E-state index >= 15 is 0 Å². The van der Waals surface area contributed by atoms with E-state index in [0.717, 1.165) is 29.0 Å². The van der Waals surface area contributed by atoms with Crippen LogP contribution in [0.4, 0.5) is 5.69 Å². The maximum absolute atomic E-state index is 12.9. The SMILES string of the molecule is CCCC(=O)OCOC(=O)c1sc(-c2ccc(NC(=O)c3cscn3)cc2)cc1C1C=CNCC1. The second-order valence-corrected chi connectivity index (χ2v) is 9.60. The first-order valence-electron chi connectivity index (χ1n) is 11.2. The van der Waals surface area contributed by atoms with Gasteiger partial charge in [-0.25, -0.2) is 9.78 Å². The number of nitrogens with zero attached hydrogens (tertiary/aromatic N) is 1. The van der Waals surface area contributed by atoms with Crippen LogP contribution in [0.3, 0.4) is 0 Å². The van der Waals surface area contributed by atoms with Crippen molar-refractivity contribution in [3.63, 3.8) is 0 Å². The van der Waals surface area contributed by atoms with Crippen molar-refractivity contribution in [2.45, 2.75) is 32.1 Å². The molecule has 0 fully saturated rings. The van der Waals surface area contributed by atoms with Crippen LogP contribution in [0.2, 0.25) is 0 Å². The Morgan fingerprint density at radius 2 is 2.03 bits per heavy atom. The summed E-state index contributed by atoms with van der Waals surface area (Å²) >= 11 is 2.70. The molecule has 1 amide bonds. The van der Waals surface area contributed by atoms with Crippen LogP contribution in [0.5, 0.6) is 0 Å². The molecular formula is C25H25N3O5S2. The summed E-state index contributed by atoms with van der Waals surface area (Å²) in [6, 6.07) is 9.43. The van der Waals surface area contributed by atoms with E-state index in [0.29, 0.717) is 22.7 Å². The topological polar surface area (TPSA) is 107 Å². The molecular weight excluding hydrogens is 486 g/mol. The Bertz CT molecular complexity index is 1200. The van der Waals surface area contributed by atoms with E-state index < -0.39 is 18.7 Å². The minimum Gasteiger partial charge on any atom is -0.428 e. The molecule has 2 aromatic heterocycles. The molecule has 4 rings (SSSR count). The molecule has 182 valence electrons. The van der Waals surface area contributed by atoms with E-state index in [4.69, 9.17) is 9.47 Å². The zero-order valence-electron chi connectivity index (χ0n) is 19.1. The zero-order chi connectivity index (χ0) is 24.6. The number of carbonyl (C=O) groups is 3. The summed E-state index contributed by atoms with van der Waals surface area (Å²) in [7, 11) is 0. The lowest BCUT2D eigenvalue weighted by molar-refractivity contribution is -0.152. The third-order valence-electron chi connectivity index (χ3n) is 5.35. The van der Waals surface area contributed by atoms with Crippen molar-refractivity contribution >= 4 is 46.2 Å². The fourth-order valence-electron chi connectivity index (χ4n) is 3.57. The number of anilines is 1. The normalized spacial score (nSPS) is 14.7. The highest BCUT2D eigenvalue weighted by Gasteiger charge is 2.24. The molecule has 3 heterocycles. The lowest BCUT2D eigenvalue weighted by Gasteiger charge is -2.17. The molecule has 3 aromatic rings. The number of thiazole rings is 1. The first kappa shape index (κ1) is 24.6. The van der Waals surface area contributed by atoms with E-state index in [2.05, 4.69) is 15.6 Å². The van der Waals surface area contributed by atoms with Crippen molar-refractivity contribution in [3.8, 4) is 10.4 Å². The van der Waals surface area contributed by atoms with Gasteiger partial charge in [0.15, 0.2) is 0 Å². The Labute approximate surface area is 211 Å². The largest absolute Gasteiger partial charge is 0.428 e. The summed E-state index contributed by atoms with van der Waals surface area (Å²) in [5.74, 6) is -1.10. The fourth-order valence-corrected chi connectivity index (χ4v) is 5.23. The monoisotopic (exact) mass is 511 g/mol. The number of benzene rings is 1. The van der Waals surface area contributed by atoms with E-state index in [1.165, 1.54) is 22.7 Å². The molecule has 2 N–H and O–H groups in total. The summed E-state index contributed by atoms with van der Waals surface area (Å²) in [6.45, 7) is 2.28. The molecule has 0 radical (unpaired) electrons. The molecule has 0 spiro atoms. The summed E-state index contributed by atoms with van der Waals surface area (Å²) in [6.07, 6.45) is 5.73. The van der Waals surface area contributed by atoms with Crippen LogP contribution in [0.15, 0.2) is 53.5 Å². The minimum absolute atomic E-state index is 0.0723. The predicted molar refractivity (Wildman–Crippen MR) is 136 cm³/mol.